The highest BCUT2D eigenvalue weighted by Crippen LogP contribution is 2.39. The third kappa shape index (κ3) is 3.25. The molecule has 0 spiro atoms. The van der Waals surface area contributed by atoms with Crippen LogP contribution >= 0.6 is 11.3 Å². The second kappa shape index (κ2) is 7.24. The summed E-state index contributed by atoms with van der Waals surface area (Å²) in [5.74, 6) is 1.06. The molecule has 2 aromatic carbocycles. The number of fused-ring (bicyclic) bond motifs is 1. The van der Waals surface area contributed by atoms with Crippen LogP contribution in [0.4, 0.5) is 17.2 Å². The van der Waals surface area contributed by atoms with Gasteiger partial charge < -0.3 is 10.1 Å². The average Bonchev–Trinajstić information content (AvgIpc) is 3.13. The quantitative estimate of drug-likeness (QED) is 0.365. The molecule has 28 heavy (non-hydrogen) atoms. The van der Waals surface area contributed by atoms with Crippen LogP contribution in [0.3, 0.4) is 0 Å². The summed E-state index contributed by atoms with van der Waals surface area (Å²) in [6.45, 7) is 2.04. The third-order valence-electron chi connectivity index (χ3n) is 4.38. The Morgan fingerprint density at radius 2 is 1.93 bits per heavy atom. The predicted octanol–water partition coefficient (Wildman–Crippen LogP) is 5.33. The van der Waals surface area contributed by atoms with Crippen molar-refractivity contribution >= 4 is 38.7 Å². The van der Waals surface area contributed by atoms with E-state index in [-0.39, 0.29) is 5.69 Å². The predicted molar refractivity (Wildman–Crippen MR) is 111 cm³/mol. The first kappa shape index (κ1) is 17.9. The molecule has 4 aromatic rings. The van der Waals surface area contributed by atoms with Crippen molar-refractivity contribution < 1.29 is 9.66 Å². The van der Waals surface area contributed by atoms with Crippen LogP contribution in [-0.2, 0) is 0 Å². The van der Waals surface area contributed by atoms with Gasteiger partial charge >= 0.3 is 0 Å². The van der Waals surface area contributed by atoms with E-state index in [1.807, 2.05) is 12.3 Å². The molecule has 2 heterocycles. The molecular formula is C20H16N4O3S. The normalized spacial score (nSPS) is 10.8. The van der Waals surface area contributed by atoms with Crippen molar-refractivity contribution in [1.29, 1.82) is 0 Å². The number of rotatable bonds is 5. The molecule has 0 radical (unpaired) electrons. The van der Waals surface area contributed by atoms with Crippen LogP contribution in [0.25, 0.3) is 21.3 Å². The topological polar surface area (TPSA) is 90.2 Å². The Bertz CT molecular complexity index is 1170. The van der Waals surface area contributed by atoms with Gasteiger partial charge in [-0.25, -0.2) is 9.97 Å². The second-order valence-corrected chi connectivity index (χ2v) is 7.04. The number of nitrogens with zero attached hydrogens (tertiary/aromatic N) is 3. The van der Waals surface area contributed by atoms with Crippen LogP contribution in [0.2, 0.25) is 0 Å². The Kier molecular flexibility index (Phi) is 4.62. The van der Waals surface area contributed by atoms with Crippen molar-refractivity contribution in [2.24, 2.45) is 0 Å². The number of benzene rings is 2. The first-order chi connectivity index (χ1) is 13.6. The maximum atomic E-state index is 11.2. The number of hydrogen-bond donors (Lipinski definition) is 1. The fourth-order valence-electron chi connectivity index (χ4n) is 2.95. The Hall–Kier alpha value is -3.52. The number of nitro benzene ring substituents is 1. The largest absolute Gasteiger partial charge is 0.495 e. The fourth-order valence-corrected chi connectivity index (χ4v) is 3.87. The molecule has 0 fully saturated rings. The Labute approximate surface area is 164 Å². The molecule has 0 aliphatic heterocycles. The molecule has 140 valence electrons. The van der Waals surface area contributed by atoms with Crippen LogP contribution in [0, 0.1) is 17.0 Å². The molecule has 2 aromatic heterocycles. The highest BCUT2D eigenvalue weighted by atomic mass is 32.1. The van der Waals surface area contributed by atoms with Crippen LogP contribution in [0.1, 0.15) is 5.56 Å². The van der Waals surface area contributed by atoms with Crippen molar-refractivity contribution in [1.82, 2.24) is 9.97 Å². The van der Waals surface area contributed by atoms with Crippen molar-refractivity contribution in [3.05, 3.63) is 69.8 Å². The Balaban J connectivity index is 1.84. The van der Waals surface area contributed by atoms with Gasteiger partial charge in [0.15, 0.2) is 0 Å². The van der Waals surface area contributed by atoms with E-state index >= 15 is 0 Å². The Morgan fingerprint density at radius 1 is 1.14 bits per heavy atom. The van der Waals surface area contributed by atoms with E-state index < -0.39 is 4.92 Å². The molecule has 0 saturated carbocycles. The number of ether oxygens (including phenoxy) is 1. The lowest BCUT2D eigenvalue weighted by atomic mass is 10.0. The monoisotopic (exact) mass is 392 g/mol. The minimum Gasteiger partial charge on any atom is -0.495 e. The average molecular weight is 392 g/mol. The summed E-state index contributed by atoms with van der Waals surface area (Å²) in [5.41, 5.74) is 3.68. The van der Waals surface area contributed by atoms with Gasteiger partial charge in [-0.1, -0.05) is 29.8 Å². The van der Waals surface area contributed by atoms with E-state index in [1.165, 1.54) is 42.5 Å². The number of non-ortho nitro benzene ring substituents is 1. The molecule has 0 bridgehead atoms. The van der Waals surface area contributed by atoms with Crippen LogP contribution in [0.15, 0.2) is 54.2 Å². The van der Waals surface area contributed by atoms with Crippen molar-refractivity contribution in [2.75, 3.05) is 12.4 Å². The summed E-state index contributed by atoms with van der Waals surface area (Å²) in [7, 11) is 1.52. The maximum Gasteiger partial charge on any atom is 0.271 e. The van der Waals surface area contributed by atoms with Gasteiger partial charge in [0.1, 0.15) is 22.7 Å². The van der Waals surface area contributed by atoms with Crippen molar-refractivity contribution in [3.8, 4) is 16.9 Å². The number of nitrogens with one attached hydrogen (secondary N) is 1. The zero-order chi connectivity index (χ0) is 19.7. The van der Waals surface area contributed by atoms with Gasteiger partial charge in [0.25, 0.3) is 5.69 Å². The van der Waals surface area contributed by atoms with Gasteiger partial charge in [-0.2, -0.15) is 0 Å². The second-order valence-electron chi connectivity index (χ2n) is 6.18. The van der Waals surface area contributed by atoms with Crippen LogP contribution < -0.4 is 10.1 Å². The molecule has 0 aliphatic rings. The van der Waals surface area contributed by atoms with E-state index in [1.54, 1.807) is 6.07 Å². The lowest BCUT2D eigenvalue weighted by Crippen LogP contribution is -1.99. The summed E-state index contributed by atoms with van der Waals surface area (Å²) in [6, 6.07) is 12.6. The Morgan fingerprint density at radius 3 is 2.64 bits per heavy atom. The summed E-state index contributed by atoms with van der Waals surface area (Å²) >= 11 is 1.53. The van der Waals surface area contributed by atoms with Gasteiger partial charge in [-0.15, -0.1) is 11.3 Å². The zero-order valence-corrected chi connectivity index (χ0v) is 16.0. The molecule has 4 rings (SSSR count). The number of anilines is 2. The highest BCUT2D eigenvalue weighted by Gasteiger charge is 2.16. The number of aromatic nitrogens is 2. The number of nitro groups is 1. The highest BCUT2D eigenvalue weighted by molar-refractivity contribution is 7.17. The van der Waals surface area contributed by atoms with E-state index in [4.69, 9.17) is 4.74 Å². The van der Waals surface area contributed by atoms with Gasteiger partial charge in [-0.05, 0) is 18.6 Å². The van der Waals surface area contributed by atoms with Crippen molar-refractivity contribution in [2.45, 2.75) is 6.92 Å². The standard InChI is InChI=1S/C20H16N4O3S/c1-12-3-5-13(6-4-12)15-10-28-20-18(15)19(21-11-22-20)23-16-9-14(24(25)26)7-8-17(16)27-2/h3-11H,1-2H3,(H,21,22,23). The molecule has 0 aliphatic carbocycles. The van der Waals surface area contributed by atoms with Crippen LogP contribution in [-0.4, -0.2) is 22.0 Å². The minimum absolute atomic E-state index is 0.0299. The van der Waals surface area contributed by atoms with Gasteiger partial charge in [0, 0.05) is 23.1 Å². The molecule has 0 unspecified atom stereocenters. The molecule has 0 amide bonds. The summed E-state index contributed by atoms with van der Waals surface area (Å²) < 4.78 is 5.35. The first-order valence-corrected chi connectivity index (χ1v) is 9.33. The number of methoxy groups -OCH3 is 1. The lowest BCUT2D eigenvalue weighted by molar-refractivity contribution is -0.384. The third-order valence-corrected chi connectivity index (χ3v) is 5.27. The van der Waals surface area contributed by atoms with E-state index in [9.17, 15) is 10.1 Å². The van der Waals surface area contributed by atoms with E-state index in [2.05, 4.69) is 39.6 Å². The molecule has 1 N–H and O–H groups in total. The number of thiophene rings is 1. The number of hydrogen-bond acceptors (Lipinski definition) is 7. The SMILES string of the molecule is COc1ccc([N+](=O)[O-])cc1Nc1ncnc2scc(-c3ccc(C)cc3)c12. The van der Waals surface area contributed by atoms with E-state index in [0.717, 1.165) is 21.3 Å². The van der Waals surface area contributed by atoms with Crippen molar-refractivity contribution in [3.63, 3.8) is 0 Å². The molecule has 0 atom stereocenters. The summed E-state index contributed by atoms with van der Waals surface area (Å²) in [5, 5.41) is 17.3. The van der Waals surface area contributed by atoms with Gasteiger partial charge in [0.2, 0.25) is 0 Å². The summed E-state index contributed by atoms with van der Waals surface area (Å²) in [6.07, 6.45) is 1.48. The molecule has 8 heteroatoms. The molecule has 7 nitrogen and oxygen atoms in total. The number of aryl methyl sites for hydroxylation is 1. The summed E-state index contributed by atoms with van der Waals surface area (Å²) in [4.78, 5) is 20.3. The van der Waals surface area contributed by atoms with Gasteiger partial charge in [-0.3, -0.25) is 10.1 Å². The smallest absolute Gasteiger partial charge is 0.271 e. The molecule has 0 saturated heterocycles. The van der Waals surface area contributed by atoms with Gasteiger partial charge in [0.05, 0.1) is 23.1 Å². The minimum atomic E-state index is -0.442. The maximum absolute atomic E-state index is 11.2. The zero-order valence-electron chi connectivity index (χ0n) is 15.2. The van der Waals surface area contributed by atoms with E-state index in [0.29, 0.717) is 17.3 Å². The lowest BCUT2D eigenvalue weighted by Gasteiger charge is -2.12. The fraction of sp³-hybridized carbons (Fsp3) is 0.100. The van der Waals surface area contributed by atoms with Crippen LogP contribution in [0.5, 0.6) is 5.75 Å². The molecular weight excluding hydrogens is 376 g/mol. The first-order valence-electron chi connectivity index (χ1n) is 8.45.